The lowest BCUT2D eigenvalue weighted by molar-refractivity contribution is 0.523. The second-order valence-electron chi connectivity index (χ2n) is 3.89. The molecule has 1 aromatic carbocycles. The van der Waals surface area contributed by atoms with Crippen molar-refractivity contribution in [1.82, 2.24) is 4.72 Å². The van der Waals surface area contributed by atoms with Crippen LogP contribution in [-0.4, -0.2) is 20.2 Å². The molecule has 1 unspecified atom stereocenters. The van der Waals surface area contributed by atoms with Gasteiger partial charge in [0.1, 0.15) is 0 Å². The smallest absolute Gasteiger partial charge is 0.214 e. The lowest BCUT2D eigenvalue weighted by Gasteiger charge is -2.22. The van der Waals surface area contributed by atoms with Crippen molar-refractivity contribution in [3.05, 3.63) is 35.9 Å². The monoisotopic (exact) mass is 225 g/mol. The Morgan fingerprint density at radius 3 is 2.67 bits per heavy atom. The van der Waals surface area contributed by atoms with Crippen LogP contribution in [0.3, 0.4) is 0 Å². The third-order valence-electron chi connectivity index (χ3n) is 2.75. The van der Waals surface area contributed by atoms with E-state index in [2.05, 4.69) is 4.72 Å². The summed E-state index contributed by atoms with van der Waals surface area (Å²) in [7, 11) is -3.07. The summed E-state index contributed by atoms with van der Waals surface area (Å²) < 4.78 is 26.0. The average Bonchev–Trinajstić information content (AvgIpc) is 2.23. The van der Waals surface area contributed by atoms with Gasteiger partial charge >= 0.3 is 0 Å². The normalized spacial score (nSPS) is 24.9. The van der Waals surface area contributed by atoms with Crippen LogP contribution in [-0.2, 0) is 16.4 Å². The van der Waals surface area contributed by atoms with E-state index in [0.717, 1.165) is 18.4 Å². The molecule has 1 atom stereocenters. The molecular weight excluding hydrogens is 210 g/mol. The molecule has 2 rings (SSSR count). The van der Waals surface area contributed by atoms with Crippen molar-refractivity contribution in [3.63, 3.8) is 0 Å². The minimum Gasteiger partial charge on any atom is -0.215 e. The second-order valence-corrected chi connectivity index (χ2v) is 5.94. The molecule has 82 valence electrons. The number of hydrogen-bond acceptors (Lipinski definition) is 2. The summed E-state index contributed by atoms with van der Waals surface area (Å²) in [5.74, 6) is 0. The number of hydrogen-bond donors (Lipinski definition) is 1. The summed E-state index contributed by atoms with van der Waals surface area (Å²) in [5, 5.41) is -0.256. The van der Waals surface area contributed by atoms with Gasteiger partial charge in [0.05, 0.1) is 5.25 Å². The van der Waals surface area contributed by atoms with E-state index >= 15 is 0 Å². The number of sulfonamides is 1. The number of rotatable bonds is 2. The highest BCUT2D eigenvalue weighted by Crippen LogP contribution is 2.17. The van der Waals surface area contributed by atoms with Crippen LogP contribution in [0.1, 0.15) is 18.4 Å². The van der Waals surface area contributed by atoms with Gasteiger partial charge in [-0.05, 0) is 24.8 Å². The second kappa shape index (κ2) is 4.33. The molecule has 3 nitrogen and oxygen atoms in total. The van der Waals surface area contributed by atoms with Crippen molar-refractivity contribution >= 4 is 10.0 Å². The van der Waals surface area contributed by atoms with E-state index in [1.165, 1.54) is 0 Å². The van der Waals surface area contributed by atoms with Crippen LogP contribution >= 0.6 is 0 Å². The molecule has 0 bridgehead atoms. The summed E-state index contributed by atoms with van der Waals surface area (Å²) in [4.78, 5) is 0. The van der Waals surface area contributed by atoms with Crippen molar-refractivity contribution in [2.75, 3.05) is 6.54 Å². The van der Waals surface area contributed by atoms with E-state index in [1.54, 1.807) is 0 Å². The Bertz CT molecular complexity index is 413. The molecule has 0 spiro atoms. The predicted octanol–water partition coefficient (Wildman–Crippen LogP) is 1.31. The Morgan fingerprint density at radius 2 is 2.00 bits per heavy atom. The zero-order chi connectivity index (χ0) is 10.7. The van der Waals surface area contributed by atoms with Crippen LogP contribution in [0.2, 0.25) is 0 Å². The van der Waals surface area contributed by atoms with Gasteiger partial charge in [0, 0.05) is 6.54 Å². The quantitative estimate of drug-likeness (QED) is 0.825. The maximum absolute atomic E-state index is 11.7. The summed E-state index contributed by atoms with van der Waals surface area (Å²) in [6.45, 7) is 0.591. The molecule has 0 saturated carbocycles. The molecule has 0 radical (unpaired) electrons. The van der Waals surface area contributed by atoms with Crippen molar-refractivity contribution in [1.29, 1.82) is 0 Å². The van der Waals surface area contributed by atoms with Gasteiger partial charge in [-0.15, -0.1) is 0 Å². The highest BCUT2D eigenvalue weighted by atomic mass is 32.2. The molecule has 1 aliphatic heterocycles. The zero-order valence-corrected chi connectivity index (χ0v) is 9.33. The molecule has 0 amide bonds. The lowest BCUT2D eigenvalue weighted by atomic mass is 10.1. The van der Waals surface area contributed by atoms with Crippen LogP contribution in [0, 0.1) is 0 Å². The molecule has 1 N–H and O–H groups in total. The van der Waals surface area contributed by atoms with E-state index in [4.69, 9.17) is 0 Å². The molecule has 1 saturated heterocycles. The molecular formula is C11H15NO2S. The number of nitrogens with one attached hydrogen (secondary N) is 1. The van der Waals surface area contributed by atoms with Gasteiger partial charge in [0.25, 0.3) is 0 Å². The molecule has 1 aromatic rings. The van der Waals surface area contributed by atoms with Gasteiger partial charge in [0.2, 0.25) is 10.0 Å². The van der Waals surface area contributed by atoms with Gasteiger partial charge in [-0.1, -0.05) is 30.3 Å². The van der Waals surface area contributed by atoms with E-state index in [1.807, 2.05) is 30.3 Å². The van der Waals surface area contributed by atoms with Crippen LogP contribution in [0.15, 0.2) is 30.3 Å². The van der Waals surface area contributed by atoms with Crippen LogP contribution < -0.4 is 4.72 Å². The largest absolute Gasteiger partial charge is 0.215 e. The Hall–Kier alpha value is -0.870. The fraction of sp³-hybridized carbons (Fsp3) is 0.455. The van der Waals surface area contributed by atoms with Crippen molar-refractivity contribution in [2.45, 2.75) is 24.5 Å². The predicted molar refractivity (Wildman–Crippen MR) is 60.1 cm³/mol. The molecule has 1 heterocycles. The van der Waals surface area contributed by atoms with Gasteiger partial charge in [-0.3, -0.25) is 0 Å². The van der Waals surface area contributed by atoms with E-state index in [0.29, 0.717) is 13.0 Å². The zero-order valence-electron chi connectivity index (χ0n) is 8.52. The molecule has 0 aliphatic carbocycles. The third kappa shape index (κ3) is 2.58. The molecule has 4 heteroatoms. The van der Waals surface area contributed by atoms with E-state index < -0.39 is 10.0 Å². The molecule has 1 aliphatic rings. The van der Waals surface area contributed by atoms with Gasteiger partial charge < -0.3 is 0 Å². The first-order chi connectivity index (χ1) is 7.18. The fourth-order valence-corrected chi connectivity index (χ4v) is 3.46. The summed E-state index contributed by atoms with van der Waals surface area (Å²) in [5.41, 5.74) is 1.09. The van der Waals surface area contributed by atoms with Crippen LogP contribution in [0.25, 0.3) is 0 Å². The lowest BCUT2D eigenvalue weighted by Crippen LogP contribution is -2.40. The topological polar surface area (TPSA) is 46.2 Å². The van der Waals surface area contributed by atoms with Crippen molar-refractivity contribution in [2.24, 2.45) is 0 Å². The minimum absolute atomic E-state index is 0.256. The van der Waals surface area contributed by atoms with Gasteiger partial charge in [0.15, 0.2) is 0 Å². The average molecular weight is 225 g/mol. The summed E-state index contributed by atoms with van der Waals surface area (Å²) in [6, 6.07) is 9.78. The Labute approximate surface area is 90.6 Å². The minimum atomic E-state index is -3.07. The van der Waals surface area contributed by atoms with Crippen molar-refractivity contribution < 1.29 is 8.42 Å². The third-order valence-corrected chi connectivity index (χ3v) is 4.64. The highest BCUT2D eigenvalue weighted by Gasteiger charge is 2.28. The van der Waals surface area contributed by atoms with E-state index in [9.17, 15) is 8.42 Å². The summed E-state index contributed by atoms with van der Waals surface area (Å²) in [6.07, 6.45) is 2.33. The maximum Gasteiger partial charge on any atom is 0.214 e. The van der Waals surface area contributed by atoms with Crippen LogP contribution in [0.4, 0.5) is 0 Å². The highest BCUT2D eigenvalue weighted by molar-refractivity contribution is 7.90. The Balaban J connectivity index is 2.12. The Morgan fingerprint density at radius 1 is 1.27 bits per heavy atom. The first kappa shape index (κ1) is 10.6. The van der Waals surface area contributed by atoms with Crippen molar-refractivity contribution in [3.8, 4) is 0 Å². The first-order valence-corrected chi connectivity index (χ1v) is 6.75. The molecule has 1 fully saturated rings. The van der Waals surface area contributed by atoms with E-state index in [-0.39, 0.29) is 5.25 Å². The van der Waals surface area contributed by atoms with Gasteiger partial charge in [-0.2, -0.15) is 0 Å². The molecule has 15 heavy (non-hydrogen) atoms. The van der Waals surface area contributed by atoms with Crippen LogP contribution in [0.5, 0.6) is 0 Å². The number of benzene rings is 1. The Kier molecular flexibility index (Phi) is 3.07. The fourth-order valence-electron chi connectivity index (χ4n) is 1.91. The SMILES string of the molecule is O=S1(=O)NCCCC1Cc1ccccc1. The standard InChI is InChI=1S/C11H15NO2S/c13-15(14)11(7-4-8-12-15)9-10-5-2-1-3-6-10/h1-3,5-6,11-12H,4,7-9H2. The first-order valence-electron chi connectivity index (χ1n) is 5.21. The van der Waals surface area contributed by atoms with Gasteiger partial charge in [-0.25, -0.2) is 13.1 Å². The molecule has 0 aromatic heterocycles. The summed E-state index contributed by atoms with van der Waals surface area (Å²) >= 11 is 0. The maximum atomic E-state index is 11.7.